The molecule has 4 aliphatic rings. The van der Waals surface area contributed by atoms with E-state index < -0.39 is 0 Å². The predicted molar refractivity (Wildman–Crippen MR) is 117 cm³/mol. The fourth-order valence-corrected chi connectivity index (χ4v) is 4.53. The number of amides is 1. The third kappa shape index (κ3) is 4.73. The number of benzene rings is 1. The molecule has 1 atom stereocenters. The zero-order valence-corrected chi connectivity index (χ0v) is 17.5. The monoisotopic (exact) mass is 399 g/mol. The summed E-state index contributed by atoms with van der Waals surface area (Å²) in [7, 11) is 0. The molecule has 1 unspecified atom stereocenters. The standard InChI is InChI=1S/C16H17ClN2O.C7H13N/c1-4-12-9-10-19(11(2)20)16(15(12)18-3)13-5-7-14(17)8-6-13;1-4-8-5-2-7(1)3-6-8/h4-8,16H,1,3,9-10H2,2H3;7H,1-6H2. The van der Waals surface area contributed by atoms with Crippen LogP contribution in [0, 0.1) is 5.92 Å². The van der Waals surface area contributed by atoms with Crippen molar-refractivity contribution < 1.29 is 4.79 Å². The van der Waals surface area contributed by atoms with Crippen LogP contribution in [0.3, 0.4) is 0 Å². The zero-order valence-electron chi connectivity index (χ0n) is 16.7. The molecule has 0 N–H and O–H groups in total. The van der Waals surface area contributed by atoms with Gasteiger partial charge in [0.25, 0.3) is 0 Å². The van der Waals surface area contributed by atoms with Gasteiger partial charge in [-0.25, -0.2) is 0 Å². The number of allylic oxidation sites excluding steroid dienone is 1. The summed E-state index contributed by atoms with van der Waals surface area (Å²) in [6.45, 7) is 13.9. The third-order valence-electron chi connectivity index (χ3n) is 6.09. The van der Waals surface area contributed by atoms with Crippen LogP contribution in [0.5, 0.6) is 0 Å². The van der Waals surface area contributed by atoms with E-state index in [0.29, 0.717) is 11.6 Å². The molecule has 0 radical (unpaired) electrons. The van der Waals surface area contributed by atoms with Crippen LogP contribution in [0.15, 0.2) is 53.2 Å². The Bertz CT molecular complexity index is 725. The summed E-state index contributed by atoms with van der Waals surface area (Å²) in [4.78, 5) is 20.4. The molecule has 5 heteroatoms. The highest BCUT2D eigenvalue weighted by molar-refractivity contribution is 6.30. The summed E-state index contributed by atoms with van der Waals surface area (Å²) < 4.78 is 0. The second-order valence-electron chi connectivity index (χ2n) is 7.76. The van der Waals surface area contributed by atoms with E-state index in [9.17, 15) is 4.79 Å². The van der Waals surface area contributed by atoms with E-state index >= 15 is 0 Å². The van der Waals surface area contributed by atoms with Gasteiger partial charge >= 0.3 is 0 Å². The Balaban J connectivity index is 0.000000231. The molecule has 4 aliphatic heterocycles. The predicted octanol–water partition coefficient (Wildman–Crippen LogP) is 4.88. The van der Waals surface area contributed by atoms with Gasteiger partial charge in [-0.2, -0.15) is 0 Å². The van der Waals surface area contributed by atoms with Crippen molar-refractivity contribution in [3.8, 4) is 0 Å². The number of piperidine rings is 3. The second kappa shape index (κ2) is 9.53. The first-order valence-corrected chi connectivity index (χ1v) is 10.5. The summed E-state index contributed by atoms with van der Waals surface area (Å²) in [5, 5.41) is 0.667. The average molecular weight is 400 g/mol. The molecule has 3 fully saturated rings. The van der Waals surface area contributed by atoms with Crippen molar-refractivity contribution in [2.24, 2.45) is 10.9 Å². The van der Waals surface area contributed by atoms with E-state index in [1.807, 2.05) is 24.3 Å². The van der Waals surface area contributed by atoms with E-state index in [0.717, 1.165) is 29.2 Å². The van der Waals surface area contributed by atoms with Crippen LogP contribution >= 0.6 is 11.6 Å². The summed E-state index contributed by atoms with van der Waals surface area (Å²) in [5.74, 6) is 1.13. The minimum absolute atomic E-state index is 0.0224. The van der Waals surface area contributed by atoms with Crippen LogP contribution in [0.1, 0.15) is 44.2 Å². The zero-order chi connectivity index (χ0) is 20.1. The summed E-state index contributed by atoms with van der Waals surface area (Å²) in [6.07, 6.45) is 7.01. The Labute approximate surface area is 173 Å². The highest BCUT2D eigenvalue weighted by Crippen LogP contribution is 2.37. The molecule has 1 aromatic rings. The van der Waals surface area contributed by atoms with Gasteiger partial charge in [0.15, 0.2) is 0 Å². The average Bonchev–Trinajstić information content (AvgIpc) is 2.75. The maximum Gasteiger partial charge on any atom is 0.220 e. The summed E-state index contributed by atoms with van der Waals surface area (Å²) in [6, 6.07) is 7.25. The van der Waals surface area contributed by atoms with Gasteiger partial charge in [-0.15, -0.1) is 0 Å². The molecule has 3 saturated heterocycles. The molecule has 5 rings (SSSR count). The van der Waals surface area contributed by atoms with Crippen LogP contribution in [0.2, 0.25) is 5.02 Å². The first-order chi connectivity index (χ1) is 13.5. The molecule has 0 saturated carbocycles. The smallest absolute Gasteiger partial charge is 0.220 e. The molecule has 2 bridgehead atoms. The number of hydrogen-bond acceptors (Lipinski definition) is 3. The molecule has 0 spiro atoms. The Morgan fingerprint density at radius 2 is 1.75 bits per heavy atom. The van der Waals surface area contributed by atoms with Crippen molar-refractivity contribution in [3.63, 3.8) is 0 Å². The van der Waals surface area contributed by atoms with Crippen molar-refractivity contribution in [2.75, 3.05) is 26.2 Å². The maximum absolute atomic E-state index is 11.9. The van der Waals surface area contributed by atoms with E-state index in [1.54, 1.807) is 17.9 Å². The second-order valence-corrected chi connectivity index (χ2v) is 8.20. The fraction of sp³-hybridized carbons (Fsp3) is 0.478. The molecular weight excluding hydrogens is 370 g/mol. The lowest BCUT2D eigenvalue weighted by Gasteiger charge is -2.38. The maximum atomic E-state index is 11.9. The SMILES string of the molecule is C1CN2CCC1CC2.C=CC1=C(N=C)C(c2ccc(Cl)cc2)N(C(C)=O)CC1. The largest absolute Gasteiger partial charge is 0.330 e. The van der Waals surface area contributed by atoms with Gasteiger partial charge in [-0.1, -0.05) is 36.4 Å². The molecule has 150 valence electrons. The van der Waals surface area contributed by atoms with Gasteiger partial charge in [0.1, 0.15) is 0 Å². The topological polar surface area (TPSA) is 35.9 Å². The van der Waals surface area contributed by atoms with Crippen LogP contribution < -0.4 is 0 Å². The number of rotatable bonds is 3. The lowest BCUT2D eigenvalue weighted by Crippen LogP contribution is -2.41. The number of halogens is 1. The number of aliphatic imine (C=N–C) groups is 1. The van der Waals surface area contributed by atoms with Crippen molar-refractivity contribution in [1.82, 2.24) is 9.80 Å². The van der Waals surface area contributed by atoms with Crippen LogP contribution in [-0.2, 0) is 4.79 Å². The fourth-order valence-electron chi connectivity index (χ4n) is 4.40. The third-order valence-corrected chi connectivity index (χ3v) is 6.34. The molecule has 1 aromatic carbocycles. The molecule has 4 heterocycles. The van der Waals surface area contributed by atoms with E-state index in [4.69, 9.17) is 11.6 Å². The van der Waals surface area contributed by atoms with Crippen molar-refractivity contribution in [3.05, 3.63) is 58.8 Å². The van der Waals surface area contributed by atoms with Gasteiger partial charge < -0.3 is 9.80 Å². The minimum atomic E-state index is -0.219. The van der Waals surface area contributed by atoms with Crippen LogP contribution in [-0.4, -0.2) is 48.6 Å². The summed E-state index contributed by atoms with van der Waals surface area (Å²) in [5.41, 5.74) is 2.81. The normalized spacial score (nSPS) is 26.4. The molecule has 0 aliphatic carbocycles. The highest BCUT2D eigenvalue weighted by Gasteiger charge is 2.31. The molecule has 0 aromatic heterocycles. The van der Waals surface area contributed by atoms with Crippen molar-refractivity contribution in [1.29, 1.82) is 0 Å². The van der Waals surface area contributed by atoms with Gasteiger partial charge in [-0.3, -0.25) is 9.79 Å². The van der Waals surface area contributed by atoms with Crippen LogP contribution in [0.25, 0.3) is 0 Å². The Morgan fingerprint density at radius 1 is 1.14 bits per heavy atom. The minimum Gasteiger partial charge on any atom is -0.330 e. The first-order valence-electron chi connectivity index (χ1n) is 10.1. The van der Waals surface area contributed by atoms with Crippen molar-refractivity contribution >= 4 is 24.2 Å². The molecule has 4 nitrogen and oxygen atoms in total. The van der Waals surface area contributed by atoms with Gasteiger partial charge in [0.05, 0.1) is 11.7 Å². The van der Waals surface area contributed by atoms with E-state index in [2.05, 4.69) is 23.2 Å². The summed E-state index contributed by atoms with van der Waals surface area (Å²) >= 11 is 5.93. The lowest BCUT2D eigenvalue weighted by molar-refractivity contribution is -0.130. The molecule has 28 heavy (non-hydrogen) atoms. The van der Waals surface area contributed by atoms with Crippen LogP contribution in [0.4, 0.5) is 0 Å². The van der Waals surface area contributed by atoms with E-state index in [1.165, 1.54) is 38.9 Å². The number of fused-ring (bicyclic) bond motifs is 3. The number of hydrogen-bond donors (Lipinski definition) is 0. The van der Waals surface area contributed by atoms with Gasteiger partial charge in [0.2, 0.25) is 5.91 Å². The van der Waals surface area contributed by atoms with Gasteiger partial charge in [-0.05, 0) is 81.2 Å². The van der Waals surface area contributed by atoms with Gasteiger partial charge in [0, 0.05) is 18.5 Å². The number of nitrogens with zero attached hydrogens (tertiary/aromatic N) is 3. The van der Waals surface area contributed by atoms with E-state index in [-0.39, 0.29) is 11.9 Å². The Hall–Kier alpha value is -1.91. The lowest BCUT2D eigenvalue weighted by atomic mass is 9.89. The number of carbonyl (C=O) groups is 1. The quantitative estimate of drug-likeness (QED) is 0.679. The highest BCUT2D eigenvalue weighted by atomic mass is 35.5. The Kier molecular flexibility index (Phi) is 7.08. The Morgan fingerprint density at radius 3 is 2.14 bits per heavy atom. The first kappa shape index (κ1) is 20.8. The molecular formula is C23H30ClN3O. The molecule has 1 amide bonds. The number of carbonyl (C=O) groups excluding carboxylic acids is 1. The van der Waals surface area contributed by atoms with Crippen molar-refractivity contribution in [2.45, 2.75) is 38.6 Å².